The van der Waals surface area contributed by atoms with Gasteiger partial charge in [-0.2, -0.15) is 10.1 Å². The van der Waals surface area contributed by atoms with Crippen molar-refractivity contribution in [2.45, 2.75) is 13.8 Å². The predicted molar refractivity (Wildman–Crippen MR) is 122 cm³/mol. The number of nitrogens with one attached hydrogen (secondary N) is 1. The van der Waals surface area contributed by atoms with Gasteiger partial charge in [-0.3, -0.25) is 14.6 Å². The van der Waals surface area contributed by atoms with Gasteiger partial charge in [-0.1, -0.05) is 34.1 Å². The monoisotopic (exact) mass is 480 g/mol. The molecule has 4 rings (SSSR count). The Morgan fingerprint density at radius 1 is 1.03 bits per heavy atom. The van der Waals surface area contributed by atoms with Crippen LogP contribution >= 0.6 is 15.9 Å². The number of nitrogens with zero attached hydrogens (tertiary/aromatic N) is 3. The minimum absolute atomic E-state index is 0.141. The van der Waals surface area contributed by atoms with Crippen molar-refractivity contribution in [3.63, 3.8) is 0 Å². The molecule has 2 aromatic carbocycles. The van der Waals surface area contributed by atoms with E-state index in [1.165, 1.54) is 11.1 Å². The highest BCUT2D eigenvalue weighted by Gasteiger charge is 2.29. The van der Waals surface area contributed by atoms with Crippen LogP contribution in [0.2, 0.25) is 0 Å². The molecule has 0 radical (unpaired) electrons. The number of para-hydroxylation sites is 1. The molecule has 1 aromatic heterocycles. The molecule has 156 valence electrons. The summed E-state index contributed by atoms with van der Waals surface area (Å²) in [5.74, 6) is -1.01. The smallest absolute Gasteiger partial charge is 0.335 e. The van der Waals surface area contributed by atoms with Crippen LogP contribution < -0.4 is 16.3 Å². The lowest BCUT2D eigenvalue weighted by molar-refractivity contribution is -0.114. The van der Waals surface area contributed by atoms with E-state index in [1.54, 1.807) is 49.4 Å². The summed E-state index contributed by atoms with van der Waals surface area (Å²) in [7, 11) is 0. The SMILES string of the molecule is CC1=NN(c2ccccc2)C(=O)/C1=C\c1c(O)n(-c2ccc(Br)c(C)c2)c(=O)[nH]c1=O. The average molecular weight is 481 g/mol. The first-order valence-corrected chi connectivity index (χ1v) is 10.1. The fraction of sp³-hybridized carbons (Fsp3) is 0.0909. The van der Waals surface area contributed by atoms with Gasteiger partial charge in [0.1, 0.15) is 5.56 Å². The van der Waals surface area contributed by atoms with Crippen molar-refractivity contribution in [3.05, 3.63) is 90.5 Å². The minimum Gasteiger partial charge on any atom is -0.494 e. The number of H-pyrrole nitrogens is 1. The van der Waals surface area contributed by atoms with Crippen molar-refractivity contribution in [3.8, 4) is 11.6 Å². The third-order valence-electron chi connectivity index (χ3n) is 4.87. The molecule has 0 spiro atoms. The molecular weight excluding hydrogens is 464 g/mol. The maximum absolute atomic E-state index is 12.9. The molecule has 9 heteroatoms. The molecule has 2 heterocycles. The molecular formula is C22H17BrN4O4. The summed E-state index contributed by atoms with van der Waals surface area (Å²) in [4.78, 5) is 40.0. The van der Waals surface area contributed by atoms with Crippen LogP contribution in [0.5, 0.6) is 5.88 Å². The number of carbonyl (C=O) groups excluding carboxylic acids is 1. The first-order valence-electron chi connectivity index (χ1n) is 9.29. The lowest BCUT2D eigenvalue weighted by Crippen LogP contribution is -2.30. The lowest BCUT2D eigenvalue weighted by Gasteiger charge is -2.12. The molecule has 0 fully saturated rings. The van der Waals surface area contributed by atoms with Crippen molar-refractivity contribution in [1.82, 2.24) is 9.55 Å². The number of aryl methyl sites for hydroxylation is 1. The van der Waals surface area contributed by atoms with E-state index in [0.717, 1.165) is 14.6 Å². The average Bonchev–Trinajstić information content (AvgIpc) is 3.02. The van der Waals surface area contributed by atoms with Gasteiger partial charge < -0.3 is 5.11 Å². The van der Waals surface area contributed by atoms with Gasteiger partial charge in [0.15, 0.2) is 0 Å². The van der Waals surface area contributed by atoms with Gasteiger partial charge >= 0.3 is 5.69 Å². The molecule has 0 saturated heterocycles. The number of anilines is 1. The van der Waals surface area contributed by atoms with E-state index in [4.69, 9.17) is 0 Å². The zero-order valence-electron chi connectivity index (χ0n) is 16.6. The lowest BCUT2D eigenvalue weighted by atomic mass is 10.1. The Morgan fingerprint density at radius 2 is 1.74 bits per heavy atom. The zero-order chi connectivity index (χ0) is 22.3. The Hall–Kier alpha value is -3.72. The molecule has 1 aliphatic rings. The second kappa shape index (κ2) is 7.84. The van der Waals surface area contributed by atoms with Crippen LogP contribution in [0.15, 0.2) is 73.3 Å². The molecule has 31 heavy (non-hydrogen) atoms. The highest BCUT2D eigenvalue weighted by Crippen LogP contribution is 2.27. The number of hydrazone groups is 1. The molecule has 1 aliphatic heterocycles. The Kier molecular flexibility index (Phi) is 5.20. The number of halogens is 1. The van der Waals surface area contributed by atoms with Gasteiger partial charge in [-0.25, -0.2) is 9.36 Å². The molecule has 0 aliphatic carbocycles. The van der Waals surface area contributed by atoms with Crippen LogP contribution in [0.25, 0.3) is 11.8 Å². The molecule has 2 N–H and O–H groups in total. The number of benzene rings is 2. The number of aromatic nitrogens is 2. The summed E-state index contributed by atoms with van der Waals surface area (Å²) in [6, 6.07) is 13.9. The van der Waals surface area contributed by atoms with E-state index in [2.05, 4.69) is 26.0 Å². The number of hydrogen-bond acceptors (Lipinski definition) is 5. The molecule has 8 nitrogen and oxygen atoms in total. The fourth-order valence-corrected chi connectivity index (χ4v) is 3.50. The normalized spacial score (nSPS) is 14.9. The zero-order valence-corrected chi connectivity index (χ0v) is 18.2. The molecule has 0 atom stereocenters. The second-order valence-corrected chi connectivity index (χ2v) is 7.82. The first kappa shape index (κ1) is 20.5. The number of carbonyl (C=O) groups is 1. The summed E-state index contributed by atoms with van der Waals surface area (Å²) >= 11 is 3.39. The van der Waals surface area contributed by atoms with Crippen LogP contribution in [0.1, 0.15) is 18.1 Å². The van der Waals surface area contributed by atoms with Crippen LogP contribution in [-0.2, 0) is 4.79 Å². The number of rotatable bonds is 3. The predicted octanol–water partition coefficient (Wildman–Crippen LogP) is 3.11. The summed E-state index contributed by atoms with van der Waals surface area (Å²) in [6.07, 6.45) is 1.25. The number of aromatic amines is 1. The standard InChI is InChI=1S/C22H17BrN4O4/c1-12-10-15(8-9-18(12)23)26-20(29)17(19(28)24-22(26)31)11-16-13(2)25-27(21(16)30)14-6-4-3-5-7-14/h3-11,29H,1-2H3,(H,24,28,31)/b16-11-. The second-order valence-electron chi connectivity index (χ2n) is 6.96. The van der Waals surface area contributed by atoms with Gasteiger partial charge in [0.05, 0.1) is 22.7 Å². The van der Waals surface area contributed by atoms with Crippen molar-refractivity contribution < 1.29 is 9.90 Å². The topological polar surface area (TPSA) is 108 Å². The van der Waals surface area contributed by atoms with Crippen molar-refractivity contribution in [1.29, 1.82) is 0 Å². The first-order chi connectivity index (χ1) is 14.8. The summed E-state index contributed by atoms with van der Waals surface area (Å²) in [5, 5.41) is 16.3. The number of hydrogen-bond donors (Lipinski definition) is 2. The van der Waals surface area contributed by atoms with Crippen molar-refractivity contribution >= 4 is 39.3 Å². The quantitative estimate of drug-likeness (QED) is 0.561. The van der Waals surface area contributed by atoms with Gasteiger partial charge in [-0.05, 0) is 55.8 Å². The Bertz CT molecular complexity index is 1390. The molecule has 3 aromatic rings. The fourth-order valence-electron chi connectivity index (χ4n) is 3.25. The van der Waals surface area contributed by atoms with E-state index in [1.807, 2.05) is 13.0 Å². The molecule has 1 amide bonds. The van der Waals surface area contributed by atoms with Crippen LogP contribution in [0.4, 0.5) is 5.69 Å². The Labute approximate surface area is 184 Å². The van der Waals surface area contributed by atoms with E-state index in [0.29, 0.717) is 17.1 Å². The van der Waals surface area contributed by atoms with E-state index >= 15 is 0 Å². The van der Waals surface area contributed by atoms with Crippen LogP contribution in [0, 0.1) is 6.92 Å². The van der Waals surface area contributed by atoms with E-state index in [9.17, 15) is 19.5 Å². The third kappa shape index (κ3) is 3.64. The van der Waals surface area contributed by atoms with Gasteiger partial charge in [0, 0.05) is 4.47 Å². The molecule has 0 bridgehead atoms. The van der Waals surface area contributed by atoms with E-state index in [-0.39, 0.29) is 11.1 Å². The van der Waals surface area contributed by atoms with Gasteiger partial charge in [0.25, 0.3) is 11.5 Å². The minimum atomic E-state index is -0.807. The Morgan fingerprint density at radius 3 is 2.42 bits per heavy atom. The largest absolute Gasteiger partial charge is 0.494 e. The highest BCUT2D eigenvalue weighted by atomic mass is 79.9. The molecule has 0 unspecified atom stereocenters. The van der Waals surface area contributed by atoms with Crippen LogP contribution in [-0.4, -0.2) is 26.3 Å². The summed E-state index contributed by atoms with van der Waals surface area (Å²) in [5.41, 5.74) is 0.484. The maximum Gasteiger partial charge on any atom is 0.335 e. The van der Waals surface area contributed by atoms with Crippen molar-refractivity contribution in [2.24, 2.45) is 5.10 Å². The van der Waals surface area contributed by atoms with Gasteiger partial charge in [0.2, 0.25) is 5.88 Å². The number of amides is 1. The van der Waals surface area contributed by atoms with Gasteiger partial charge in [-0.15, -0.1) is 0 Å². The van der Waals surface area contributed by atoms with E-state index < -0.39 is 23.0 Å². The number of aromatic hydroxyl groups is 1. The van der Waals surface area contributed by atoms with Crippen LogP contribution in [0.3, 0.4) is 0 Å². The maximum atomic E-state index is 12.9. The Balaban J connectivity index is 1.84. The molecule has 0 saturated carbocycles. The summed E-state index contributed by atoms with van der Waals surface area (Å²) < 4.78 is 1.81. The highest BCUT2D eigenvalue weighted by molar-refractivity contribution is 9.10. The summed E-state index contributed by atoms with van der Waals surface area (Å²) in [6.45, 7) is 3.46. The third-order valence-corrected chi connectivity index (χ3v) is 5.76. The van der Waals surface area contributed by atoms with Crippen molar-refractivity contribution in [2.75, 3.05) is 5.01 Å².